The van der Waals surface area contributed by atoms with Crippen molar-refractivity contribution in [3.8, 4) is 55.6 Å². The lowest BCUT2D eigenvalue weighted by atomic mass is 9.82. The van der Waals surface area contributed by atoms with Gasteiger partial charge in [-0.3, -0.25) is 0 Å². The quantitative estimate of drug-likeness (QED) is 0.155. The van der Waals surface area contributed by atoms with Crippen LogP contribution < -0.4 is 0 Å². The fourth-order valence-electron chi connectivity index (χ4n) is 10.7. The van der Waals surface area contributed by atoms with Crippen LogP contribution >= 0.6 is 11.3 Å². The van der Waals surface area contributed by atoms with Crippen LogP contribution in [0.5, 0.6) is 0 Å². The number of rotatable bonds is 4. The van der Waals surface area contributed by atoms with Gasteiger partial charge in [0.05, 0.1) is 0 Å². The molecule has 0 saturated carbocycles. The van der Waals surface area contributed by atoms with E-state index in [1.807, 2.05) is 11.3 Å². The summed E-state index contributed by atoms with van der Waals surface area (Å²) in [5, 5.41) is 12.8. The molecule has 13 rings (SSSR count). The van der Waals surface area contributed by atoms with Gasteiger partial charge in [-0.25, -0.2) is 0 Å². The maximum Gasteiger partial charge on any atom is 0.0361 e. The lowest BCUT2D eigenvalue weighted by molar-refractivity contribution is 0.661. The average Bonchev–Trinajstić information content (AvgIpc) is 3.78. The molecule has 0 radical (unpaired) electrons. The summed E-state index contributed by atoms with van der Waals surface area (Å²) in [7, 11) is 0. The number of thiophene rings is 1. The fourth-order valence-corrected chi connectivity index (χ4v) is 11.9. The number of fused-ring (bicyclic) bond motifs is 10. The molecule has 1 aromatic heterocycles. The Morgan fingerprint density at radius 3 is 1.56 bits per heavy atom. The second kappa shape index (κ2) is 13.3. The molecule has 0 nitrogen and oxygen atoms in total. The van der Waals surface area contributed by atoms with Crippen LogP contribution in [0.1, 0.15) is 25.0 Å². The molecule has 290 valence electrons. The number of hydrogen-bond donors (Lipinski definition) is 0. The molecule has 62 heavy (non-hydrogen) atoms. The minimum Gasteiger partial charge on any atom is -0.135 e. The summed E-state index contributed by atoms with van der Waals surface area (Å²) >= 11 is 1.92. The molecule has 1 heterocycles. The van der Waals surface area contributed by atoms with Crippen molar-refractivity contribution < 1.29 is 0 Å². The lowest BCUT2D eigenvalue weighted by Gasteiger charge is -2.21. The molecule has 0 unspecified atom stereocenters. The van der Waals surface area contributed by atoms with Crippen molar-refractivity contribution in [2.24, 2.45) is 0 Å². The van der Waals surface area contributed by atoms with E-state index in [0.29, 0.717) is 0 Å². The van der Waals surface area contributed by atoms with Gasteiger partial charge in [0.1, 0.15) is 0 Å². The summed E-state index contributed by atoms with van der Waals surface area (Å²) in [5.41, 5.74) is 15.6. The third-order valence-corrected chi connectivity index (χ3v) is 14.9. The van der Waals surface area contributed by atoms with Gasteiger partial charge < -0.3 is 0 Å². The van der Waals surface area contributed by atoms with Gasteiger partial charge in [-0.2, -0.15) is 0 Å². The van der Waals surface area contributed by atoms with Crippen molar-refractivity contribution in [3.05, 3.63) is 217 Å². The Kier molecular flexibility index (Phi) is 7.62. The van der Waals surface area contributed by atoms with E-state index in [4.69, 9.17) is 0 Å². The highest BCUT2D eigenvalue weighted by atomic mass is 32.1. The molecule has 0 spiro atoms. The van der Waals surface area contributed by atoms with Gasteiger partial charge >= 0.3 is 0 Å². The molecular formula is C61H40S. The van der Waals surface area contributed by atoms with Crippen molar-refractivity contribution >= 4 is 74.6 Å². The maximum absolute atomic E-state index is 2.47. The molecule has 0 bridgehead atoms. The summed E-state index contributed by atoms with van der Waals surface area (Å²) in [6.45, 7) is 4.74. The van der Waals surface area contributed by atoms with Crippen LogP contribution in [0.4, 0.5) is 0 Å². The van der Waals surface area contributed by atoms with Crippen molar-refractivity contribution in [1.82, 2.24) is 0 Å². The standard InChI is InChI=1S/C61H40S/c1-61(2)55-21-10-9-16-47(55)52-35-54-53-33-44-29-28-42(32-46(44)34-57(53)62-58(54)36-56(52)61)38-22-25-39(26-23-38)59-48-17-5-7-19-50(48)60(51-20-8-6-18-49(51)59)45-15-11-14-41(31-45)43-27-24-37-12-3-4-13-40(37)30-43/h3-36H,1-2H3. The van der Waals surface area contributed by atoms with Crippen LogP contribution in [0.2, 0.25) is 0 Å². The van der Waals surface area contributed by atoms with Gasteiger partial charge in [0.25, 0.3) is 0 Å². The molecular weight excluding hydrogens is 765 g/mol. The molecule has 0 aliphatic heterocycles. The van der Waals surface area contributed by atoms with Crippen LogP contribution in [0.3, 0.4) is 0 Å². The lowest BCUT2D eigenvalue weighted by Crippen LogP contribution is -2.14. The minimum absolute atomic E-state index is 0.00110. The first-order valence-corrected chi connectivity index (χ1v) is 22.5. The van der Waals surface area contributed by atoms with E-state index < -0.39 is 0 Å². The third-order valence-electron chi connectivity index (χ3n) is 13.8. The molecule has 12 aromatic rings. The zero-order valence-electron chi connectivity index (χ0n) is 34.5. The predicted octanol–water partition coefficient (Wildman–Crippen LogP) is 17.6. The van der Waals surface area contributed by atoms with E-state index in [-0.39, 0.29) is 5.41 Å². The zero-order chi connectivity index (χ0) is 41.1. The highest BCUT2D eigenvalue weighted by Gasteiger charge is 2.35. The summed E-state index contributed by atoms with van der Waals surface area (Å²) in [6.07, 6.45) is 0. The Morgan fingerprint density at radius 1 is 0.290 bits per heavy atom. The van der Waals surface area contributed by atoms with E-state index in [1.54, 1.807) is 0 Å². The van der Waals surface area contributed by atoms with E-state index in [1.165, 1.54) is 130 Å². The van der Waals surface area contributed by atoms with Gasteiger partial charge in [0.15, 0.2) is 0 Å². The van der Waals surface area contributed by atoms with E-state index in [0.717, 1.165) is 0 Å². The first-order chi connectivity index (χ1) is 30.5. The zero-order valence-corrected chi connectivity index (χ0v) is 35.4. The monoisotopic (exact) mass is 804 g/mol. The highest BCUT2D eigenvalue weighted by molar-refractivity contribution is 7.25. The molecule has 11 aromatic carbocycles. The second-order valence-electron chi connectivity index (χ2n) is 17.6. The molecule has 1 heteroatoms. The molecule has 1 aliphatic rings. The smallest absolute Gasteiger partial charge is 0.0361 e. The van der Waals surface area contributed by atoms with Crippen LogP contribution in [0.15, 0.2) is 206 Å². The van der Waals surface area contributed by atoms with Crippen molar-refractivity contribution in [3.63, 3.8) is 0 Å². The molecule has 0 N–H and O–H groups in total. The average molecular weight is 805 g/mol. The molecule has 1 aliphatic carbocycles. The summed E-state index contributed by atoms with van der Waals surface area (Å²) in [4.78, 5) is 0. The van der Waals surface area contributed by atoms with E-state index in [9.17, 15) is 0 Å². The Hall–Kier alpha value is -7.32. The Bertz CT molecular complexity index is 3770. The summed E-state index contributed by atoms with van der Waals surface area (Å²) in [6, 6.07) is 77.3. The van der Waals surface area contributed by atoms with Crippen molar-refractivity contribution in [1.29, 1.82) is 0 Å². The first kappa shape index (κ1) is 35.4. The van der Waals surface area contributed by atoms with Crippen LogP contribution in [-0.2, 0) is 5.41 Å². The predicted molar refractivity (Wildman–Crippen MR) is 269 cm³/mol. The van der Waals surface area contributed by atoms with Crippen LogP contribution in [-0.4, -0.2) is 0 Å². The normalized spacial score (nSPS) is 13.1. The second-order valence-corrected chi connectivity index (χ2v) is 18.7. The molecule has 0 saturated heterocycles. The Labute approximate surface area is 365 Å². The Balaban J connectivity index is 0.886. The molecule has 0 fully saturated rings. The largest absolute Gasteiger partial charge is 0.135 e. The SMILES string of the molecule is CC1(C)c2ccccc2-c2cc3c(cc21)sc1cc2cc(-c4ccc(-c5c6ccccc6c(-c6cccc(-c7ccc8ccccc8c7)c6)c6ccccc56)cc4)ccc2cc13. The number of hydrogen-bond acceptors (Lipinski definition) is 1. The fraction of sp³-hybridized carbons (Fsp3) is 0.0492. The maximum atomic E-state index is 2.47. The van der Waals surface area contributed by atoms with Gasteiger partial charge in [0, 0.05) is 25.6 Å². The van der Waals surface area contributed by atoms with E-state index in [2.05, 4.69) is 220 Å². The third kappa shape index (κ3) is 5.32. The number of benzene rings is 11. The van der Waals surface area contributed by atoms with Crippen LogP contribution in [0.25, 0.3) is 119 Å². The molecule has 0 atom stereocenters. The first-order valence-electron chi connectivity index (χ1n) is 21.6. The van der Waals surface area contributed by atoms with Crippen molar-refractivity contribution in [2.75, 3.05) is 0 Å². The van der Waals surface area contributed by atoms with Crippen LogP contribution in [0, 0.1) is 0 Å². The van der Waals surface area contributed by atoms with Gasteiger partial charge in [-0.05, 0) is 152 Å². The van der Waals surface area contributed by atoms with E-state index >= 15 is 0 Å². The van der Waals surface area contributed by atoms with Gasteiger partial charge in [0.2, 0.25) is 0 Å². The minimum atomic E-state index is 0.00110. The summed E-state index contributed by atoms with van der Waals surface area (Å²) in [5.74, 6) is 0. The Morgan fingerprint density at radius 2 is 0.806 bits per heavy atom. The topological polar surface area (TPSA) is 0 Å². The summed E-state index contributed by atoms with van der Waals surface area (Å²) < 4.78 is 2.71. The van der Waals surface area contributed by atoms with Gasteiger partial charge in [-0.15, -0.1) is 11.3 Å². The highest BCUT2D eigenvalue weighted by Crippen LogP contribution is 2.52. The van der Waals surface area contributed by atoms with Gasteiger partial charge in [-0.1, -0.05) is 178 Å². The van der Waals surface area contributed by atoms with Crippen molar-refractivity contribution in [2.45, 2.75) is 19.3 Å². The molecule has 0 amide bonds.